The van der Waals surface area contributed by atoms with Crippen molar-refractivity contribution in [3.8, 4) is 0 Å². The smallest absolute Gasteiger partial charge is 0.321 e. The monoisotopic (exact) mass is 254 g/mol. The van der Waals surface area contributed by atoms with Crippen molar-refractivity contribution < 1.29 is 0 Å². The van der Waals surface area contributed by atoms with Crippen molar-refractivity contribution in [3.05, 3.63) is 49.8 Å². The van der Waals surface area contributed by atoms with E-state index in [-0.39, 0.29) is 12.1 Å². The summed E-state index contributed by atoms with van der Waals surface area (Å²) >= 11 is 5.85. The van der Waals surface area contributed by atoms with Crippen LogP contribution in [0.1, 0.15) is 11.4 Å². The first kappa shape index (κ1) is 11.7. The van der Waals surface area contributed by atoms with Crippen molar-refractivity contribution in [2.24, 2.45) is 7.05 Å². The zero-order chi connectivity index (χ0) is 12.6. The van der Waals surface area contributed by atoms with Crippen LogP contribution in [-0.2, 0) is 13.6 Å². The molecule has 0 aliphatic rings. The molecule has 0 aromatic carbocycles. The number of nitrogens with zero attached hydrogens (tertiary/aromatic N) is 3. The molecular formula is C10H11ClN4O2. The Morgan fingerprint density at radius 1 is 1.47 bits per heavy atom. The van der Waals surface area contributed by atoms with E-state index in [0.29, 0.717) is 16.5 Å². The van der Waals surface area contributed by atoms with Crippen LogP contribution in [0.3, 0.4) is 0 Å². The number of hydrogen-bond donors (Lipinski definition) is 1. The Hall–Kier alpha value is -1.82. The van der Waals surface area contributed by atoms with Crippen molar-refractivity contribution in [2.75, 3.05) is 0 Å². The second-order valence-electron chi connectivity index (χ2n) is 3.76. The molecule has 2 aromatic heterocycles. The Labute approximate surface area is 101 Å². The Bertz CT molecular complexity index is 668. The molecule has 2 aromatic rings. The van der Waals surface area contributed by atoms with Crippen LogP contribution in [0.4, 0.5) is 0 Å². The van der Waals surface area contributed by atoms with E-state index in [1.54, 1.807) is 18.5 Å². The number of aromatic nitrogens is 4. The fraction of sp³-hybridized carbons (Fsp3) is 0.300. The van der Waals surface area contributed by atoms with Gasteiger partial charge in [0.15, 0.2) is 0 Å². The van der Waals surface area contributed by atoms with Gasteiger partial charge in [-0.25, -0.2) is 9.78 Å². The van der Waals surface area contributed by atoms with Gasteiger partial charge < -0.3 is 4.57 Å². The number of H-pyrrole nitrogens is 1. The Kier molecular flexibility index (Phi) is 2.89. The van der Waals surface area contributed by atoms with E-state index >= 15 is 0 Å². The minimum atomic E-state index is -0.459. The van der Waals surface area contributed by atoms with Crippen LogP contribution in [0, 0.1) is 6.92 Å². The predicted octanol–water partition coefficient (Wildman–Crippen LogP) is 0.280. The molecule has 1 N–H and O–H groups in total. The number of aryl methyl sites for hydroxylation is 1. The molecule has 0 aliphatic heterocycles. The molecule has 0 radical (unpaired) electrons. The van der Waals surface area contributed by atoms with Crippen molar-refractivity contribution in [1.82, 2.24) is 19.1 Å². The van der Waals surface area contributed by atoms with Gasteiger partial charge in [-0.15, -0.1) is 0 Å². The highest BCUT2D eigenvalue weighted by Crippen LogP contribution is 2.09. The van der Waals surface area contributed by atoms with E-state index in [0.717, 1.165) is 0 Å². The summed E-state index contributed by atoms with van der Waals surface area (Å²) < 4.78 is 3.06. The second kappa shape index (κ2) is 4.21. The highest BCUT2D eigenvalue weighted by atomic mass is 35.5. The summed E-state index contributed by atoms with van der Waals surface area (Å²) in [5, 5.41) is 0.495. The lowest BCUT2D eigenvalue weighted by atomic mass is 10.4. The number of aromatic amines is 1. The Morgan fingerprint density at radius 2 is 2.18 bits per heavy atom. The molecule has 2 rings (SSSR count). The van der Waals surface area contributed by atoms with Crippen LogP contribution in [-0.4, -0.2) is 19.1 Å². The number of nitrogens with one attached hydrogen (secondary N) is 1. The molecule has 0 aliphatic carbocycles. The van der Waals surface area contributed by atoms with Crippen molar-refractivity contribution in [1.29, 1.82) is 0 Å². The summed E-state index contributed by atoms with van der Waals surface area (Å²) in [6.45, 7) is 1.90. The molecule has 0 unspecified atom stereocenters. The van der Waals surface area contributed by atoms with Gasteiger partial charge in [0.1, 0.15) is 11.0 Å². The van der Waals surface area contributed by atoms with E-state index in [4.69, 9.17) is 11.6 Å². The second-order valence-corrected chi connectivity index (χ2v) is 4.14. The number of imidazole rings is 1. The molecule has 0 spiro atoms. The molecule has 17 heavy (non-hydrogen) atoms. The molecule has 0 fully saturated rings. The fourth-order valence-electron chi connectivity index (χ4n) is 1.46. The lowest BCUT2D eigenvalue weighted by Gasteiger charge is -2.06. The molecule has 0 bridgehead atoms. The zero-order valence-corrected chi connectivity index (χ0v) is 10.2. The van der Waals surface area contributed by atoms with Crippen LogP contribution in [0.15, 0.2) is 22.0 Å². The van der Waals surface area contributed by atoms with Gasteiger partial charge in [0.2, 0.25) is 0 Å². The zero-order valence-electron chi connectivity index (χ0n) is 9.40. The molecular weight excluding hydrogens is 244 g/mol. The average Bonchev–Trinajstić information content (AvgIpc) is 2.58. The maximum absolute atomic E-state index is 11.6. The van der Waals surface area contributed by atoms with E-state index in [2.05, 4.69) is 9.97 Å². The van der Waals surface area contributed by atoms with Crippen LogP contribution >= 0.6 is 11.6 Å². The first-order valence-corrected chi connectivity index (χ1v) is 5.33. The van der Waals surface area contributed by atoms with Gasteiger partial charge in [-0.1, -0.05) is 11.6 Å². The summed E-state index contributed by atoms with van der Waals surface area (Å²) in [6, 6.07) is 0. The number of halogens is 1. The first-order chi connectivity index (χ1) is 7.99. The summed E-state index contributed by atoms with van der Waals surface area (Å²) in [6.07, 6.45) is 3.02. The van der Waals surface area contributed by atoms with E-state index in [1.807, 2.05) is 0 Å². The quantitative estimate of drug-likeness (QED) is 0.837. The Morgan fingerprint density at radius 3 is 2.76 bits per heavy atom. The molecule has 2 heterocycles. The van der Waals surface area contributed by atoms with Crippen LogP contribution in [0.2, 0.25) is 5.15 Å². The van der Waals surface area contributed by atoms with E-state index in [1.165, 1.54) is 17.0 Å². The molecule has 90 valence electrons. The molecule has 0 saturated heterocycles. The summed E-state index contributed by atoms with van der Waals surface area (Å²) in [7, 11) is 1.76. The first-order valence-electron chi connectivity index (χ1n) is 4.95. The number of rotatable bonds is 2. The van der Waals surface area contributed by atoms with Gasteiger partial charge in [-0.3, -0.25) is 14.3 Å². The molecule has 0 amide bonds. The lowest BCUT2D eigenvalue weighted by molar-refractivity contribution is 0.654. The fourth-order valence-corrected chi connectivity index (χ4v) is 1.61. The molecule has 0 atom stereocenters. The predicted molar refractivity (Wildman–Crippen MR) is 63.4 cm³/mol. The third-order valence-electron chi connectivity index (χ3n) is 2.53. The largest absolute Gasteiger partial charge is 0.328 e. The average molecular weight is 255 g/mol. The Balaban J connectivity index is 2.43. The standard InChI is InChI=1S/C10H11ClN4O2/c1-6-4-15(10(17)13-9(6)16)5-8-12-3-7(11)14(8)2/h3-4H,5H2,1-2H3,(H,13,16,17). The maximum atomic E-state index is 11.6. The SMILES string of the molecule is Cc1cn(Cc2ncc(Cl)n2C)c(=O)[nH]c1=O. The normalized spacial score (nSPS) is 10.8. The highest BCUT2D eigenvalue weighted by Gasteiger charge is 2.07. The summed E-state index contributed by atoms with van der Waals surface area (Å²) in [5.41, 5.74) is -0.353. The third kappa shape index (κ3) is 2.16. The molecule has 7 heteroatoms. The van der Waals surface area contributed by atoms with Gasteiger partial charge in [0.25, 0.3) is 5.56 Å². The summed E-state index contributed by atoms with van der Waals surface area (Å²) in [4.78, 5) is 29.1. The van der Waals surface area contributed by atoms with Gasteiger partial charge in [-0.05, 0) is 6.92 Å². The minimum absolute atomic E-state index is 0.264. The van der Waals surface area contributed by atoms with Crippen LogP contribution < -0.4 is 11.2 Å². The topological polar surface area (TPSA) is 72.7 Å². The highest BCUT2D eigenvalue weighted by molar-refractivity contribution is 6.29. The van der Waals surface area contributed by atoms with E-state index in [9.17, 15) is 9.59 Å². The molecule has 0 saturated carbocycles. The maximum Gasteiger partial charge on any atom is 0.328 e. The number of hydrogen-bond acceptors (Lipinski definition) is 3. The lowest BCUT2D eigenvalue weighted by Crippen LogP contribution is -2.31. The molecule has 6 nitrogen and oxygen atoms in total. The summed E-state index contributed by atoms with van der Waals surface area (Å²) in [5.74, 6) is 0.642. The van der Waals surface area contributed by atoms with Crippen molar-refractivity contribution in [3.63, 3.8) is 0 Å². The van der Waals surface area contributed by atoms with Crippen LogP contribution in [0.5, 0.6) is 0 Å². The van der Waals surface area contributed by atoms with Gasteiger partial charge >= 0.3 is 5.69 Å². The van der Waals surface area contributed by atoms with Gasteiger partial charge in [0, 0.05) is 18.8 Å². The van der Waals surface area contributed by atoms with Crippen molar-refractivity contribution in [2.45, 2.75) is 13.5 Å². The van der Waals surface area contributed by atoms with Gasteiger partial charge in [0.05, 0.1) is 12.7 Å². The van der Waals surface area contributed by atoms with E-state index < -0.39 is 5.69 Å². The van der Waals surface area contributed by atoms with Gasteiger partial charge in [-0.2, -0.15) is 0 Å². The van der Waals surface area contributed by atoms with Crippen molar-refractivity contribution >= 4 is 11.6 Å². The minimum Gasteiger partial charge on any atom is -0.321 e. The van der Waals surface area contributed by atoms with Crippen LogP contribution in [0.25, 0.3) is 0 Å². The third-order valence-corrected chi connectivity index (χ3v) is 2.88.